The van der Waals surface area contributed by atoms with Crippen LogP contribution in [0, 0.1) is 6.92 Å². The number of carbonyl (C=O) groups excluding carboxylic acids is 2. The number of hydrogen-bond acceptors (Lipinski definition) is 4. The van der Waals surface area contributed by atoms with E-state index in [0.29, 0.717) is 5.39 Å². The Hall–Kier alpha value is -1.95. The fraction of sp³-hybridized carbons (Fsp3) is 0.250. The average Bonchev–Trinajstić information content (AvgIpc) is 2.81. The van der Waals surface area contributed by atoms with Crippen molar-refractivity contribution in [3.05, 3.63) is 34.1 Å². The predicted octanol–water partition coefficient (Wildman–Crippen LogP) is 0.959. The number of aryl methyl sites for hydroxylation is 1. The zero-order valence-electron chi connectivity index (χ0n) is 9.60. The zero-order valence-corrected chi connectivity index (χ0v) is 10.4. The van der Waals surface area contributed by atoms with Crippen molar-refractivity contribution in [3.8, 4) is 0 Å². The van der Waals surface area contributed by atoms with Gasteiger partial charge in [-0.2, -0.15) is 0 Å². The molecule has 1 fully saturated rings. The predicted molar refractivity (Wildman–Crippen MR) is 67.6 cm³/mol. The van der Waals surface area contributed by atoms with Crippen LogP contribution < -0.4 is 10.9 Å². The van der Waals surface area contributed by atoms with Gasteiger partial charge in [0.05, 0.1) is 16.5 Å². The smallest absolute Gasteiger partial charge is 0.269 e. The van der Waals surface area contributed by atoms with Crippen molar-refractivity contribution in [2.45, 2.75) is 19.4 Å². The van der Waals surface area contributed by atoms with E-state index in [1.807, 2.05) is 19.1 Å². The van der Waals surface area contributed by atoms with E-state index in [1.54, 1.807) is 6.07 Å². The normalized spacial score (nSPS) is 19.5. The van der Waals surface area contributed by atoms with E-state index in [2.05, 4.69) is 5.32 Å². The van der Waals surface area contributed by atoms with E-state index in [0.717, 1.165) is 10.3 Å². The lowest BCUT2D eigenvalue weighted by atomic mass is 10.2. The monoisotopic (exact) mass is 262 g/mol. The Kier molecular flexibility index (Phi) is 2.34. The van der Waals surface area contributed by atoms with Crippen molar-refractivity contribution in [2.24, 2.45) is 0 Å². The number of imide groups is 1. The third kappa shape index (κ3) is 1.49. The van der Waals surface area contributed by atoms with Gasteiger partial charge in [-0.05, 0) is 18.6 Å². The van der Waals surface area contributed by atoms with Crippen LogP contribution in [0.5, 0.6) is 0 Å². The highest BCUT2D eigenvalue weighted by atomic mass is 32.1. The maximum absolute atomic E-state index is 12.2. The van der Waals surface area contributed by atoms with Gasteiger partial charge in [0, 0.05) is 0 Å². The lowest BCUT2D eigenvalue weighted by Crippen LogP contribution is -2.27. The summed E-state index contributed by atoms with van der Waals surface area (Å²) in [6.07, 6.45) is 0.0462. The molecule has 2 aromatic rings. The summed E-state index contributed by atoms with van der Waals surface area (Å²) in [5.74, 6) is -0.725. The summed E-state index contributed by atoms with van der Waals surface area (Å²) in [6.45, 7) is 1.92. The van der Waals surface area contributed by atoms with Crippen LogP contribution in [0.1, 0.15) is 18.0 Å². The number of carbonyl (C=O) groups is 2. The van der Waals surface area contributed by atoms with Gasteiger partial charge in [-0.1, -0.05) is 23.7 Å². The lowest BCUT2D eigenvalue weighted by molar-refractivity contribution is -0.125. The summed E-state index contributed by atoms with van der Waals surface area (Å²) in [4.78, 5) is 35.0. The molecule has 6 heteroatoms. The molecule has 1 aliphatic rings. The molecule has 0 saturated carbocycles. The summed E-state index contributed by atoms with van der Waals surface area (Å²) >= 11 is 1.24. The first-order valence-corrected chi connectivity index (χ1v) is 6.30. The second-order valence-corrected chi connectivity index (χ2v) is 5.29. The van der Waals surface area contributed by atoms with Crippen molar-refractivity contribution < 1.29 is 9.59 Å². The molecule has 5 nitrogen and oxygen atoms in total. The van der Waals surface area contributed by atoms with Gasteiger partial charge in [0.15, 0.2) is 0 Å². The van der Waals surface area contributed by atoms with Gasteiger partial charge >= 0.3 is 0 Å². The Morgan fingerprint density at radius 2 is 2.11 bits per heavy atom. The number of aromatic nitrogens is 1. The number of benzene rings is 1. The van der Waals surface area contributed by atoms with Gasteiger partial charge in [-0.3, -0.25) is 19.7 Å². The molecule has 2 heterocycles. The van der Waals surface area contributed by atoms with Gasteiger partial charge in [0.2, 0.25) is 5.91 Å². The molecule has 0 spiro atoms. The van der Waals surface area contributed by atoms with E-state index in [-0.39, 0.29) is 17.9 Å². The van der Waals surface area contributed by atoms with Crippen molar-refractivity contribution in [1.29, 1.82) is 0 Å². The van der Waals surface area contributed by atoms with Crippen LogP contribution >= 0.6 is 11.5 Å². The molecular formula is C12H10N2O3S. The SMILES string of the molecule is Cc1cccc2c(=O)n(C3CC(=O)NC3=O)sc12. The molecule has 1 saturated heterocycles. The average molecular weight is 262 g/mol. The minimum atomic E-state index is -0.693. The van der Waals surface area contributed by atoms with E-state index < -0.39 is 11.9 Å². The lowest BCUT2D eigenvalue weighted by Gasteiger charge is -2.04. The fourth-order valence-electron chi connectivity index (χ4n) is 2.14. The Morgan fingerprint density at radius 1 is 1.33 bits per heavy atom. The van der Waals surface area contributed by atoms with Crippen LogP contribution in [0.25, 0.3) is 10.1 Å². The van der Waals surface area contributed by atoms with Gasteiger partial charge < -0.3 is 0 Å². The maximum Gasteiger partial charge on any atom is 0.269 e. The van der Waals surface area contributed by atoms with Gasteiger partial charge in [0.25, 0.3) is 11.5 Å². The summed E-state index contributed by atoms with van der Waals surface area (Å²) < 4.78 is 2.27. The topological polar surface area (TPSA) is 68.2 Å². The van der Waals surface area contributed by atoms with Crippen molar-refractivity contribution >= 4 is 33.4 Å². The third-order valence-corrected chi connectivity index (χ3v) is 4.40. The fourth-order valence-corrected chi connectivity index (χ4v) is 3.28. The van der Waals surface area contributed by atoms with Gasteiger partial charge in [-0.15, -0.1) is 0 Å². The van der Waals surface area contributed by atoms with Crippen LogP contribution in [0.15, 0.2) is 23.0 Å². The number of amides is 2. The molecular weight excluding hydrogens is 252 g/mol. The second-order valence-electron chi connectivity index (χ2n) is 4.31. The minimum absolute atomic E-state index is 0.0462. The van der Waals surface area contributed by atoms with Crippen molar-refractivity contribution in [1.82, 2.24) is 9.27 Å². The van der Waals surface area contributed by atoms with Crippen LogP contribution in [0.4, 0.5) is 0 Å². The first-order chi connectivity index (χ1) is 8.58. The molecule has 1 N–H and O–H groups in total. The maximum atomic E-state index is 12.2. The van der Waals surface area contributed by atoms with Crippen LogP contribution in [0.2, 0.25) is 0 Å². The summed E-state index contributed by atoms with van der Waals surface area (Å²) in [7, 11) is 0. The largest absolute Gasteiger partial charge is 0.295 e. The third-order valence-electron chi connectivity index (χ3n) is 3.06. The van der Waals surface area contributed by atoms with E-state index in [9.17, 15) is 14.4 Å². The summed E-state index contributed by atoms with van der Waals surface area (Å²) in [5.41, 5.74) is 0.798. The first kappa shape index (κ1) is 11.2. The Balaban J connectivity index is 2.22. The second kappa shape index (κ2) is 3.78. The highest BCUT2D eigenvalue weighted by molar-refractivity contribution is 7.14. The summed E-state index contributed by atoms with van der Waals surface area (Å²) in [6, 6.07) is 4.78. The van der Waals surface area contributed by atoms with E-state index in [1.165, 1.54) is 15.5 Å². The quantitative estimate of drug-likeness (QED) is 0.778. The zero-order chi connectivity index (χ0) is 12.9. The Morgan fingerprint density at radius 3 is 2.72 bits per heavy atom. The molecule has 0 bridgehead atoms. The molecule has 92 valence electrons. The Labute approximate surface area is 106 Å². The van der Waals surface area contributed by atoms with E-state index in [4.69, 9.17) is 0 Å². The van der Waals surface area contributed by atoms with Crippen LogP contribution in [-0.2, 0) is 9.59 Å². The highest BCUT2D eigenvalue weighted by Crippen LogP contribution is 2.26. The number of rotatable bonds is 1. The van der Waals surface area contributed by atoms with Crippen molar-refractivity contribution in [3.63, 3.8) is 0 Å². The minimum Gasteiger partial charge on any atom is -0.295 e. The van der Waals surface area contributed by atoms with Gasteiger partial charge in [-0.25, -0.2) is 3.96 Å². The standard InChI is InChI=1S/C12H10N2O3S/c1-6-3-2-4-7-10(6)18-14(12(7)17)8-5-9(15)13-11(8)16/h2-4,8H,5H2,1H3,(H,13,15,16). The number of nitrogens with zero attached hydrogens (tertiary/aromatic N) is 1. The number of fused-ring (bicyclic) bond motifs is 1. The molecule has 18 heavy (non-hydrogen) atoms. The number of hydrogen-bond donors (Lipinski definition) is 1. The molecule has 1 aromatic carbocycles. The molecule has 0 radical (unpaired) electrons. The summed E-state index contributed by atoms with van der Waals surface area (Å²) in [5, 5.41) is 2.82. The number of nitrogens with one attached hydrogen (secondary N) is 1. The van der Waals surface area contributed by atoms with Crippen LogP contribution in [0.3, 0.4) is 0 Å². The van der Waals surface area contributed by atoms with Crippen LogP contribution in [-0.4, -0.2) is 15.8 Å². The van der Waals surface area contributed by atoms with E-state index >= 15 is 0 Å². The molecule has 1 aromatic heterocycles. The Bertz CT molecular complexity index is 728. The molecule has 1 atom stereocenters. The van der Waals surface area contributed by atoms with Crippen molar-refractivity contribution in [2.75, 3.05) is 0 Å². The molecule has 0 aliphatic carbocycles. The first-order valence-electron chi connectivity index (χ1n) is 5.53. The molecule has 1 unspecified atom stereocenters. The highest BCUT2D eigenvalue weighted by Gasteiger charge is 2.34. The molecule has 2 amide bonds. The molecule has 1 aliphatic heterocycles. The van der Waals surface area contributed by atoms with Gasteiger partial charge in [0.1, 0.15) is 6.04 Å². The molecule has 3 rings (SSSR count).